The van der Waals surface area contributed by atoms with E-state index in [-0.39, 0.29) is 11.4 Å². The van der Waals surface area contributed by atoms with E-state index in [0.717, 1.165) is 11.3 Å². The summed E-state index contributed by atoms with van der Waals surface area (Å²) in [6, 6.07) is 11.2. The number of hydrogen-bond acceptors (Lipinski definition) is 5. The second kappa shape index (κ2) is 6.20. The molecule has 1 aromatic heterocycles. The fourth-order valence-corrected chi connectivity index (χ4v) is 2.69. The molecule has 2 heterocycles. The van der Waals surface area contributed by atoms with Gasteiger partial charge in [-0.25, -0.2) is 4.79 Å². The average Bonchev–Trinajstić information content (AvgIpc) is 3.16. The number of anilines is 1. The second-order valence-corrected chi connectivity index (χ2v) is 5.50. The zero-order valence-corrected chi connectivity index (χ0v) is 13.7. The van der Waals surface area contributed by atoms with Gasteiger partial charge in [0.05, 0.1) is 19.1 Å². The van der Waals surface area contributed by atoms with E-state index < -0.39 is 5.97 Å². The highest BCUT2D eigenvalue weighted by molar-refractivity contribution is 6.30. The molecule has 0 spiro atoms. The van der Waals surface area contributed by atoms with Crippen LogP contribution in [0.4, 0.5) is 5.69 Å². The van der Waals surface area contributed by atoms with E-state index in [2.05, 4.69) is 0 Å². The van der Waals surface area contributed by atoms with Crippen molar-refractivity contribution < 1.29 is 18.7 Å². The summed E-state index contributed by atoms with van der Waals surface area (Å²) in [5.41, 5.74) is 2.83. The number of furan rings is 1. The summed E-state index contributed by atoms with van der Waals surface area (Å²) in [6.07, 6.45) is 3.16. The van der Waals surface area contributed by atoms with E-state index in [0.29, 0.717) is 17.2 Å². The molecule has 0 saturated heterocycles. The third-order valence-corrected chi connectivity index (χ3v) is 3.90. The van der Waals surface area contributed by atoms with Gasteiger partial charge < -0.3 is 14.1 Å². The highest BCUT2D eigenvalue weighted by atomic mass is 16.5. The molecule has 0 saturated carbocycles. The molecule has 0 fully saturated rings. The average molecular weight is 323 g/mol. The zero-order valence-electron chi connectivity index (χ0n) is 13.7. The molecule has 0 unspecified atom stereocenters. The molecule has 0 bridgehead atoms. The molecular formula is C19H17NO4. The minimum absolute atomic E-state index is 0.0379. The van der Waals surface area contributed by atoms with Gasteiger partial charge in [-0.3, -0.25) is 4.79 Å². The Kier molecular flexibility index (Phi) is 4.08. The molecule has 122 valence electrons. The number of carbonyl (C=O) groups excluding carboxylic acids is 2. The fourth-order valence-electron chi connectivity index (χ4n) is 2.69. The van der Waals surface area contributed by atoms with Gasteiger partial charge in [0.25, 0.3) is 0 Å². The Bertz CT molecular complexity index is 842. The SMILES string of the molecule is COC(=O)C1=C(C)N(c2ccc(C)cc2)C(=Cc2ccco2)C1=O. The lowest BCUT2D eigenvalue weighted by Crippen LogP contribution is -2.18. The number of nitrogens with zero attached hydrogens (tertiary/aromatic N) is 1. The first kappa shape index (κ1) is 15.8. The minimum Gasteiger partial charge on any atom is -0.465 e. The lowest BCUT2D eigenvalue weighted by Gasteiger charge is -2.21. The number of rotatable bonds is 3. The van der Waals surface area contributed by atoms with Crippen LogP contribution in [0.2, 0.25) is 0 Å². The standard InChI is InChI=1S/C19H17NO4/c1-12-6-8-14(9-7-12)20-13(2)17(19(22)23-3)18(21)16(20)11-15-5-4-10-24-15/h4-11H,1-3H3. The van der Waals surface area contributed by atoms with Crippen LogP contribution in [0.3, 0.4) is 0 Å². The van der Waals surface area contributed by atoms with Crippen molar-refractivity contribution in [3.63, 3.8) is 0 Å². The topological polar surface area (TPSA) is 59.8 Å². The molecule has 0 amide bonds. The summed E-state index contributed by atoms with van der Waals surface area (Å²) in [7, 11) is 1.26. The van der Waals surface area contributed by atoms with Crippen molar-refractivity contribution >= 4 is 23.5 Å². The molecule has 5 heteroatoms. The van der Waals surface area contributed by atoms with Gasteiger partial charge in [0, 0.05) is 17.5 Å². The summed E-state index contributed by atoms with van der Waals surface area (Å²) in [5.74, 6) is -0.483. The monoisotopic (exact) mass is 323 g/mol. The van der Waals surface area contributed by atoms with Gasteiger partial charge in [-0.05, 0) is 38.1 Å². The van der Waals surface area contributed by atoms with E-state index in [1.165, 1.54) is 13.4 Å². The predicted molar refractivity (Wildman–Crippen MR) is 90.1 cm³/mol. The second-order valence-electron chi connectivity index (χ2n) is 5.50. The highest BCUT2D eigenvalue weighted by Gasteiger charge is 2.38. The van der Waals surface area contributed by atoms with E-state index in [4.69, 9.17) is 9.15 Å². The largest absolute Gasteiger partial charge is 0.465 e. The van der Waals surface area contributed by atoms with Gasteiger partial charge in [0.1, 0.15) is 11.3 Å². The number of methoxy groups -OCH3 is 1. The summed E-state index contributed by atoms with van der Waals surface area (Å²) in [6.45, 7) is 3.72. The predicted octanol–water partition coefficient (Wildman–Crippen LogP) is 3.47. The van der Waals surface area contributed by atoms with E-state index in [1.54, 1.807) is 30.0 Å². The van der Waals surface area contributed by atoms with Crippen LogP contribution >= 0.6 is 0 Å². The molecule has 1 aromatic carbocycles. The smallest absolute Gasteiger partial charge is 0.343 e. The van der Waals surface area contributed by atoms with Crippen molar-refractivity contribution in [2.45, 2.75) is 13.8 Å². The number of ketones is 1. The number of carbonyl (C=O) groups is 2. The third-order valence-electron chi connectivity index (χ3n) is 3.90. The molecule has 24 heavy (non-hydrogen) atoms. The lowest BCUT2D eigenvalue weighted by molar-refractivity contribution is -0.137. The quantitative estimate of drug-likeness (QED) is 0.492. The van der Waals surface area contributed by atoms with Crippen molar-refractivity contribution in [3.05, 3.63) is 71.0 Å². The van der Waals surface area contributed by atoms with Crippen LogP contribution < -0.4 is 4.90 Å². The van der Waals surface area contributed by atoms with Gasteiger partial charge in [0.2, 0.25) is 5.78 Å². The van der Waals surface area contributed by atoms with E-state index in [9.17, 15) is 9.59 Å². The Balaban J connectivity index is 2.15. The number of ether oxygens (including phenoxy) is 1. The molecule has 2 aromatic rings. The summed E-state index contributed by atoms with van der Waals surface area (Å²) in [4.78, 5) is 26.6. The lowest BCUT2D eigenvalue weighted by atomic mass is 10.1. The van der Waals surface area contributed by atoms with Gasteiger partial charge >= 0.3 is 5.97 Å². The Morgan fingerprint density at radius 3 is 2.46 bits per heavy atom. The van der Waals surface area contributed by atoms with Crippen LogP contribution in [-0.2, 0) is 14.3 Å². The first-order valence-electron chi connectivity index (χ1n) is 7.49. The molecule has 0 aliphatic carbocycles. The van der Waals surface area contributed by atoms with Crippen molar-refractivity contribution in [1.29, 1.82) is 0 Å². The molecule has 0 atom stereocenters. The zero-order chi connectivity index (χ0) is 17.3. The van der Waals surface area contributed by atoms with Crippen LogP contribution in [-0.4, -0.2) is 18.9 Å². The number of aryl methyl sites for hydroxylation is 1. The fraction of sp³-hybridized carbons (Fsp3) is 0.158. The Labute approximate surface area is 139 Å². The normalized spacial score (nSPS) is 16.2. The Hall–Kier alpha value is -3.08. The van der Waals surface area contributed by atoms with Gasteiger partial charge in [-0.2, -0.15) is 0 Å². The first-order chi connectivity index (χ1) is 11.5. The number of allylic oxidation sites excluding steroid dienone is 2. The highest BCUT2D eigenvalue weighted by Crippen LogP contribution is 2.35. The van der Waals surface area contributed by atoms with Crippen LogP contribution in [0.5, 0.6) is 0 Å². The maximum Gasteiger partial charge on any atom is 0.343 e. The van der Waals surface area contributed by atoms with E-state index >= 15 is 0 Å². The van der Waals surface area contributed by atoms with Crippen molar-refractivity contribution in [2.24, 2.45) is 0 Å². The number of hydrogen-bond donors (Lipinski definition) is 0. The maximum atomic E-state index is 12.8. The molecule has 1 aliphatic rings. The van der Waals surface area contributed by atoms with Crippen molar-refractivity contribution in [1.82, 2.24) is 0 Å². The molecule has 1 aliphatic heterocycles. The third kappa shape index (κ3) is 2.65. The molecule has 0 radical (unpaired) electrons. The first-order valence-corrected chi connectivity index (χ1v) is 7.49. The molecular weight excluding hydrogens is 306 g/mol. The Morgan fingerprint density at radius 2 is 1.88 bits per heavy atom. The van der Waals surface area contributed by atoms with Gasteiger partial charge in [-0.1, -0.05) is 17.7 Å². The van der Waals surface area contributed by atoms with E-state index in [1.807, 2.05) is 31.2 Å². The number of Topliss-reactive ketones (excluding diaryl/α,β-unsaturated/α-hetero) is 1. The van der Waals surface area contributed by atoms with Gasteiger partial charge in [-0.15, -0.1) is 0 Å². The summed E-state index contributed by atoms with van der Waals surface area (Å²) in [5, 5.41) is 0. The summed E-state index contributed by atoms with van der Waals surface area (Å²) >= 11 is 0. The minimum atomic E-state index is -0.641. The van der Waals surface area contributed by atoms with Crippen LogP contribution in [0.25, 0.3) is 6.08 Å². The number of benzene rings is 1. The van der Waals surface area contributed by atoms with Crippen LogP contribution in [0.1, 0.15) is 18.2 Å². The number of esters is 1. The van der Waals surface area contributed by atoms with Crippen LogP contribution in [0, 0.1) is 6.92 Å². The summed E-state index contributed by atoms with van der Waals surface area (Å²) < 4.78 is 10.1. The molecule has 5 nitrogen and oxygen atoms in total. The van der Waals surface area contributed by atoms with Crippen LogP contribution in [0.15, 0.2) is 64.0 Å². The Morgan fingerprint density at radius 1 is 1.17 bits per heavy atom. The van der Waals surface area contributed by atoms with Gasteiger partial charge in [0.15, 0.2) is 0 Å². The van der Waals surface area contributed by atoms with Crippen molar-refractivity contribution in [3.8, 4) is 0 Å². The van der Waals surface area contributed by atoms with Crippen molar-refractivity contribution in [2.75, 3.05) is 12.0 Å². The maximum absolute atomic E-state index is 12.8. The molecule has 0 N–H and O–H groups in total. The molecule has 3 rings (SSSR count).